The SMILES string of the molecule is CCCN1CCN(C(C(=O)O)c2cccc(O)c2)CC1CC. The van der Waals surface area contributed by atoms with Crippen LogP contribution in [0.3, 0.4) is 0 Å². The van der Waals surface area contributed by atoms with Gasteiger partial charge in [0.1, 0.15) is 11.8 Å². The van der Waals surface area contributed by atoms with Crippen LogP contribution in [0.2, 0.25) is 0 Å². The number of benzene rings is 1. The number of aromatic hydroxyl groups is 1. The molecule has 2 N–H and O–H groups in total. The van der Waals surface area contributed by atoms with Gasteiger partial charge in [0.15, 0.2) is 0 Å². The van der Waals surface area contributed by atoms with E-state index in [4.69, 9.17) is 0 Å². The highest BCUT2D eigenvalue weighted by molar-refractivity contribution is 5.75. The molecule has 122 valence electrons. The van der Waals surface area contributed by atoms with E-state index in [1.165, 1.54) is 0 Å². The third kappa shape index (κ3) is 3.78. The minimum absolute atomic E-state index is 0.111. The topological polar surface area (TPSA) is 64.0 Å². The van der Waals surface area contributed by atoms with Gasteiger partial charge in [-0.2, -0.15) is 0 Å². The minimum Gasteiger partial charge on any atom is -0.508 e. The van der Waals surface area contributed by atoms with Gasteiger partial charge in [-0.15, -0.1) is 0 Å². The van der Waals surface area contributed by atoms with Crippen LogP contribution in [0.1, 0.15) is 38.3 Å². The Kier molecular flexibility index (Phi) is 5.80. The van der Waals surface area contributed by atoms with Crippen LogP contribution in [-0.2, 0) is 4.79 Å². The van der Waals surface area contributed by atoms with Gasteiger partial charge >= 0.3 is 5.97 Å². The Labute approximate surface area is 132 Å². The molecular formula is C17H26N2O3. The molecule has 0 aromatic heterocycles. The predicted molar refractivity (Wildman–Crippen MR) is 86.0 cm³/mol. The first-order valence-corrected chi connectivity index (χ1v) is 8.06. The van der Waals surface area contributed by atoms with Gasteiger partial charge in [0.25, 0.3) is 0 Å². The lowest BCUT2D eigenvalue weighted by Crippen LogP contribution is -2.54. The first kappa shape index (κ1) is 16.8. The Balaban J connectivity index is 2.18. The van der Waals surface area contributed by atoms with Gasteiger partial charge in [-0.1, -0.05) is 26.0 Å². The Morgan fingerprint density at radius 1 is 1.36 bits per heavy atom. The molecule has 0 saturated carbocycles. The van der Waals surface area contributed by atoms with Crippen LogP contribution in [-0.4, -0.2) is 58.2 Å². The van der Waals surface area contributed by atoms with Gasteiger partial charge in [-0.25, -0.2) is 0 Å². The molecule has 2 rings (SSSR count). The summed E-state index contributed by atoms with van der Waals surface area (Å²) in [4.78, 5) is 16.3. The average Bonchev–Trinajstić information content (AvgIpc) is 2.49. The van der Waals surface area contributed by atoms with E-state index in [0.29, 0.717) is 11.6 Å². The maximum Gasteiger partial charge on any atom is 0.325 e. The zero-order valence-corrected chi connectivity index (χ0v) is 13.4. The molecule has 5 heteroatoms. The molecule has 22 heavy (non-hydrogen) atoms. The third-order valence-corrected chi connectivity index (χ3v) is 4.40. The summed E-state index contributed by atoms with van der Waals surface area (Å²) in [6.45, 7) is 7.78. The van der Waals surface area contributed by atoms with Crippen LogP contribution in [0.25, 0.3) is 0 Å². The molecule has 1 heterocycles. The van der Waals surface area contributed by atoms with Crippen molar-refractivity contribution in [1.29, 1.82) is 0 Å². The lowest BCUT2D eigenvalue weighted by atomic mass is 10.0. The summed E-state index contributed by atoms with van der Waals surface area (Å²) < 4.78 is 0. The van der Waals surface area contributed by atoms with Gasteiger partial charge < -0.3 is 10.2 Å². The van der Waals surface area contributed by atoms with Crippen molar-refractivity contribution in [2.45, 2.75) is 38.8 Å². The fraction of sp³-hybridized carbons (Fsp3) is 0.588. The van der Waals surface area contributed by atoms with E-state index in [-0.39, 0.29) is 5.75 Å². The zero-order valence-electron chi connectivity index (χ0n) is 13.4. The third-order valence-electron chi connectivity index (χ3n) is 4.40. The molecule has 2 atom stereocenters. The van der Waals surface area contributed by atoms with Crippen LogP contribution in [0.4, 0.5) is 0 Å². The summed E-state index contributed by atoms with van der Waals surface area (Å²) in [5.41, 5.74) is 0.645. The molecule has 1 saturated heterocycles. The fourth-order valence-corrected chi connectivity index (χ4v) is 3.32. The Hall–Kier alpha value is -1.59. The number of hydrogen-bond donors (Lipinski definition) is 2. The number of carbonyl (C=O) groups is 1. The van der Waals surface area contributed by atoms with Crippen molar-refractivity contribution in [2.24, 2.45) is 0 Å². The molecule has 1 aliphatic rings. The monoisotopic (exact) mass is 306 g/mol. The standard InChI is InChI=1S/C17H26N2O3/c1-3-8-18-9-10-19(12-14(18)4-2)16(17(21)22)13-6-5-7-15(20)11-13/h5-7,11,14,16,20H,3-4,8-10,12H2,1-2H3,(H,21,22). The van der Waals surface area contributed by atoms with E-state index in [9.17, 15) is 15.0 Å². The number of carboxylic acids is 1. The molecule has 0 amide bonds. The van der Waals surface area contributed by atoms with Crippen LogP contribution >= 0.6 is 0 Å². The molecule has 0 spiro atoms. The van der Waals surface area contributed by atoms with E-state index in [1.54, 1.807) is 24.3 Å². The van der Waals surface area contributed by atoms with Crippen molar-refractivity contribution >= 4 is 5.97 Å². The van der Waals surface area contributed by atoms with Crippen molar-refractivity contribution in [1.82, 2.24) is 9.80 Å². The number of piperazine rings is 1. The molecule has 1 aromatic carbocycles. The summed E-state index contributed by atoms with van der Waals surface area (Å²) in [6.07, 6.45) is 2.13. The van der Waals surface area contributed by atoms with E-state index in [0.717, 1.165) is 39.0 Å². The van der Waals surface area contributed by atoms with E-state index < -0.39 is 12.0 Å². The lowest BCUT2D eigenvalue weighted by molar-refractivity contribution is -0.145. The largest absolute Gasteiger partial charge is 0.508 e. The Bertz CT molecular complexity index is 506. The van der Waals surface area contributed by atoms with Gasteiger partial charge in [0.2, 0.25) is 0 Å². The van der Waals surface area contributed by atoms with Crippen molar-refractivity contribution in [2.75, 3.05) is 26.2 Å². The van der Waals surface area contributed by atoms with Gasteiger partial charge in [0, 0.05) is 25.7 Å². The second kappa shape index (κ2) is 7.61. The van der Waals surface area contributed by atoms with Gasteiger partial charge in [0.05, 0.1) is 0 Å². The van der Waals surface area contributed by atoms with Crippen LogP contribution in [0.5, 0.6) is 5.75 Å². The summed E-state index contributed by atoms with van der Waals surface area (Å²) in [7, 11) is 0. The summed E-state index contributed by atoms with van der Waals surface area (Å²) in [5.74, 6) is -0.746. The van der Waals surface area contributed by atoms with Crippen LogP contribution in [0, 0.1) is 0 Å². The number of rotatable bonds is 6. The molecule has 1 aromatic rings. The van der Waals surface area contributed by atoms with Crippen molar-refractivity contribution < 1.29 is 15.0 Å². The maximum absolute atomic E-state index is 11.8. The Morgan fingerprint density at radius 3 is 2.73 bits per heavy atom. The molecule has 0 aliphatic carbocycles. The summed E-state index contributed by atoms with van der Waals surface area (Å²) in [6, 6.07) is 6.30. The van der Waals surface area contributed by atoms with E-state index in [1.807, 2.05) is 4.90 Å². The molecular weight excluding hydrogens is 280 g/mol. The maximum atomic E-state index is 11.8. The quantitative estimate of drug-likeness (QED) is 0.844. The zero-order chi connectivity index (χ0) is 16.1. The number of aliphatic carboxylic acids is 1. The highest BCUT2D eigenvalue weighted by Crippen LogP contribution is 2.27. The number of phenols is 1. The normalized spacial score (nSPS) is 21.6. The first-order chi connectivity index (χ1) is 10.6. The minimum atomic E-state index is -0.857. The molecule has 0 bridgehead atoms. The highest BCUT2D eigenvalue weighted by atomic mass is 16.4. The van der Waals surface area contributed by atoms with Gasteiger partial charge in [-0.3, -0.25) is 14.6 Å². The molecule has 1 fully saturated rings. The van der Waals surface area contributed by atoms with Gasteiger partial charge in [-0.05, 0) is 37.1 Å². The van der Waals surface area contributed by atoms with Crippen molar-refractivity contribution in [3.8, 4) is 5.75 Å². The summed E-state index contributed by atoms with van der Waals surface area (Å²) >= 11 is 0. The predicted octanol–water partition coefficient (Wildman–Crippen LogP) is 2.32. The van der Waals surface area contributed by atoms with E-state index >= 15 is 0 Å². The molecule has 1 aliphatic heterocycles. The average molecular weight is 306 g/mol. The molecule has 0 radical (unpaired) electrons. The molecule has 5 nitrogen and oxygen atoms in total. The second-order valence-corrected chi connectivity index (χ2v) is 5.93. The first-order valence-electron chi connectivity index (χ1n) is 8.06. The number of carboxylic acid groups (broad SMARTS) is 1. The van der Waals surface area contributed by atoms with E-state index in [2.05, 4.69) is 18.7 Å². The second-order valence-electron chi connectivity index (χ2n) is 5.93. The fourth-order valence-electron chi connectivity index (χ4n) is 3.32. The lowest BCUT2D eigenvalue weighted by Gasteiger charge is -2.43. The summed E-state index contributed by atoms with van der Waals surface area (Å²) in [5, 5.41) is 19.3. The smallest absolute Gasteiger partial charge is 0.325 e. The Morgan fingerprint density at radius 2 is 2.14 bits per heavy atom. The number of phenolic OH excluding ortho intramolecular Hbond substituents is 1. The molecule has 2 unspecified atom stereocenters. The number of hydrogen-bond acceptors (Lipinski definition) is 4. The highest BCUT2D eigenvalue weighted by Gasteiger charge is 2.33. The van der Waals surface area contributed by atoms with Crippen LogP contribution in [0.15, 0.2) is 24.3 Å². The van der Waals surface area contributed by atoms with Crippen molar-refractivity contribution in [3.63, 3.8) is 0 Å². The van der Waals surface area contributed by atoms with Crippen molar-refractivity contribution in [3.05, 3.63) is 29.8 Å². The number of nitrogens with zero attached hydrogens (tertiary/aromatic N) is 2. The van der Waals surface area contributed by atoms with Crippen LogP contribution < -0.4 is 0 Å².